The van der Waals surface area contributed by atoms with Crippen LogP contribution in [0.25, 0.3) is 10.8 Å². The van der Waals surface area contributed by atoms with Crippen molar-refractivity contribution in [1.29, 1.82) is 0 Å². The summed E-state index contributed by atoms with van der Waals surface area (Å²) in [5.74, 6) is 1.35. The van der Waals surface area contributed by atoms with E-state index in [2.05, 4.69) is 11.9 Å². The molecule has 3 rings (SSSR count). The molecule has 0 aliphatic heterocycles. The van der Waals surface area contributed by atoms with E-state index < -0.39 is 0 Å². The molecule has 112 valence electrons. The predicted octanol–water partition coefficient (Wildman–Crippen LogP) is 4.07. The van der Waals surface area contributed by atoms with Crippen molar-refractivity contribution in [3.63, 3.8) is 0 Å². The highest BCUT2D eigenvalue weighted by Crippen LogP contribution is 2.33. The molecule has 1 saturated carbocycles. The maximum Gasteiger partial charge on any atom is 0.221 e. The molecule has 21 heavy (non-hydrogen) atoms. The van der Waals surface area contributed by atoms with Gasteiger partial charge >= 0.3 is 0 Å². The average Bonchev–Trinajstić information content (AvgIpc) is 2.55. The second-order valence-electron chi connectivity index (χ2n) is 5.90. The van der Waals surface area contributed by atoms with Crippen molar-refractivity contribution in [1.82, 2.24) is 4.98 Å². The minimum atomic E-state index is 0.00874. The first-order valence-electron chi connectivity index (χ1n) is 7.97. The SMILES string of the molecule is CCC1CCCCC1Oc1ncc(CO)c2ccccc12. The van der Waals surface area contributed by atoms with E-state index in [1.807, 2.05) is 24.3 Å². The number of hydrogen-bond acceptors (Lipinski definition) is 3. The zero-order chi connectivity index (χ0) is 14.7. The maximum atomic E-state index is 9.45. The summed E-state index contributed by atoms with van der Waals surface area (Å²) < 4.78 is 6.28. The van der Waals surface area contributed by atoms with E-state index in [0.717, 1.165) is 29.2 Å². The zero-order valence-electron chi connectivity index (χ0n) is 12.6. The van der Waals surface area contributed by atoms with Gasteiger partial charge in [-0.25, -0.2) is 4.98 Å². The summed E-state index contributed by atoms with van der Waals surface area (Å²) in [5.41, 5.74) is 0.855. The van der Waals surface area contributed by atoms with Crippen LogP contribution in [0.2, 0.25) is 0 Å². The smallest absolute Gasteiger partial charge is 0.221 e. The molecule has 1 heterocycles. The van der Waals surface area contributed by atoms with Crippen LogP contribution in [-0.2, 0) is 6.61 Å². The third kappa shape index (κ3) is 2.88. The van der Waals surface area contributed by atoms with E-state index in [1.54, 1.807) is 6.20 Å². The Kier molecular flexibility index (Phi) is 4.39. The van der Waals surface area contributed by atoms with Crippen molar-refractivity contribution < 1.29 is 9.84 Å². The number of ether oxygens (including phenoxy) is 1. The molecule has 0 radical (unpaired) electrons. The Bertz CT molecular complexity index is 611. The van der Waals surface area contributed by atoms with Crippen LogP contribution >= 0.6 is 0 Å². The number of pyridine rings is 1. The van der Waals surface area contributed by atoms with Crippen LogP contribution < -0.4 is 4.74 Å². The number of aliphatic hydroxyl groups is 1. The normalized spacial score (nSPS) is 22.4. The summed E-state index contributed by atoms with van der Waals surface area (Å²) in [5, 5.41) is 11.5. The summed E-state index contributed by atoms with van der Waals surface area (Å²) >= 11 is 0. The lowest BCUT2D eigenvalue weighted by Crippen LogP contribution is -2.30. The maximum absolute atomic E-state index is 9.45. The molecule has 0 bridgehead atoms. The first-order chi connectivity index (χ1) is 10.3. The lowest BCUT2D eigenvalue weighted by Gasteiger charge is -2.31. The third-order valence-corrected chi connectivity index (χ3v) is 4.64. The Morgan fingerprint density at radius 2 is 1.95 bits per heavy atom. The predicted molar refractivity (Wildman–Crippen MR) is 84.3 cm³/mol. The van der Waals surface area contributed by atoms with E-state index in [9.17, 15) is 5.11 Å². The number of fused-ring (bicyclic) bond motifs is 1. The van der Waals surface area contributed by atoms with E-state index >= 15 is 0 Å². The number of aliphatic hydroxyl groups excluding tert-OH is 1. The van der Waals surface area contributed by atoms with Gasteiger partial charge < -0.3 is 9.84 Å². The van der Waals surface area contributed by atoms with Crippen LogP contribution in [0.1, 0.15) is 44.6 Å². The molecule has 2 aromatic rings. The highest BCUT2D eigenvalue weighted by Gasteiger charge is 2.26. The van der Waals surface area contributed by atoms with Crippen LogP contribution in [0.3, 0.4) is 0 Å². The zero-order valence-corrected chi connectivity index (χ0v) is 12.6. The van der Waals surface area contributed by atoms with Crippen LogP contribution in [0.4, 0.5) is 0 Å². The Labute approximate surface area is 126 Å². The summed E-state index contributed by atoms with van der Waals surface area (Å²) in [6.45, 7) is 2.25. The monoisotopic (exact) mass is 285 g/mol. The molecule has 2 unspecified atom stereocenters. The first kappa shape index (κ1) is 14.3. The fraction of sp³-hybridized carbons (Fsp3) is 0.500. The highest BCUT2D eigenvalue weighted by atomic mass is 16.5. The van der Waals surface area contributed by atoms with Gasteiger partial charge in [0.15, 0.2) is 0 Å². The Balaban J connectivity index is 1.93. The van der Waals surface area contributed by atoms with Gasteiger partial charge in [0, 0.05) is 17.1 Å². The van der Waals surface area contributed by atoms with E-state index in [0.29, 0.717) is 11.8 Å². The summed E-state index contributed by atoms with van der Waals surface area (Å²) in [7, 11) is 0. The van der Waals surface area contributed by atoms with Gasteiger partial charge in [0.05, 0.1) is 6.61 Å². The summed E-state index contributed by atoms with van der Waals surface area (Å²) in [6, 6.07) is 8.03. The molecule has 1 aliphatic carbocycles. The Morgan fingerprint density at radius 3 is 2.71 bits per heavy atom. The Hall–Kier alpha value is -1.61. The third-order valence-electron chi connectivity index (χ3n) is 4.64. The second kappa shape index (κ2) is 6.44. The summed E-state index contributed by atoms with van der Waals surface area (Å²) in [6.07, 6.45) is 8.12. The molecule has 1 fully saturated rings. The molecule has 1 N–H and O–H groups in total. The molecule has 0 spiro atoms. The van der Waals surface area contributed by atoms with Gasteiger partial charge in [0.2, 0.25) is 5.88 Å². The molecule has 3 heteroatoms. The van der Waals surface area contributed by atoms with Crippen LogP contribution in [-0.4, -0.2) is 16.2 Å². The van der Waals surface area contributed by atoms with Crippen LogP contribution in [0.5, 0.6) is 5.88 Å². The molecule has 1 aliphatic rings. The minimum absolute atomic E-state index is 0.00874. The summed E-state index contributed by atoms with van der Waals surface area (Å²) in [4.78, 5) is 4.46. The van der Waals surface area contributed by atoms with Crippen LogP contribution in [0, 0.1) is 5.92 Å². The van der Waals surface area contributed by atoms with E-state index in [-0.39, 0.29) is 12.7 Å². The van der Waals surface area contributed by atoms with Gasteiger partial charge in [-0.1, -0.05) is 31.5 Å². The van der Waals surface area contributed by atoms with E-state index in [1.165, 1.54) is 19.3 Å². The largest absolute Gasteiger partial charge is 0.474 e. The van der Waals surface area contributed by atoms with Crippen molar-refractivity contribution in [2.45, 2.75) is 51.7 Å². The fourth-order valence-corrected chi connectivity index (χ4v) is 3.38. The lowest BCUT2D eigenvalue weighted by molar-refractivity contribution is 0.0874. The number of aromatic nitrogens is 1. The molecule has 1 aromatic heterocycles. The minimum Gasteiger partial charge on any atom is -0.474 e. The fourth-order valence-electron chi connectivity index (χ4n) is 3.38. The lowest BCUT2D eigenvalue weighted by atomic mass is 9.85. The number of benzene rings is 1. The van der Waals surface area contributed by atoms with Crippen molar-refractivity contribution in [2.24, 2.45) is 5.92 Å². The standard InChI is InChI=1S/C18H23NO2/c1-2-13-7-3-6-10-17(13)21-18-16-9-5-4-8-15(16)14(12-20)11-19-18/h4-5,8-9,11,13,17,20H,2-3,6-7,10,12H2,1H3. The number of hydrogen-bond donors (Lipinski definition) is 1. The Morgan fingerprint density at radius 1 is 1.19 bits per heavy atom. The van der Waals surface area contributed by atoms with Crippen molar-refractivity contribution in [3.05, 3.63) is 36.0 Å². The van der Waals surface area contributed by atoms with Crippen molar-refractivity contribution >= 4 is 10.8 Å². The molecule has 1 aromatic carbocycles. The van der Waals surface area contributed by atoms with Gasteiger partial charge in [-0.2, -0.15) is 0 Å². The van der Waals surface area contributed by atoms with Gasteiger partial charge in [-0.3, -0.25) is 0 Å². The molecule has 0 amide bonds. The number of nitrogens with zero attached hydrogens (tertiary/aromatic N) is 1. The van der Waals surface area contributed by atoms with Crippen molar-refractivity contribution in [2.75, 3.05) is 0 Å². The average molecular weight is 285 g/mol. The van der Waals surface area contributed by atoms with Crippen molar-refractivity contribution in [3.8, 4) is 5.88 Å². The van der Waals surface area contributed by atoms with Gasteiger partial charge in [0.25, 0.3) is 0 Å². The highest BCUT2D eigenvalue weighted by molar-refractivity contribution is 5.89. The van der Waals surface area contributed by atoms with Gasteiger partial charge in [0.1, 0.15) is 6.10 Å². The van der Waals surface area contributed by atoms with E-state index in [4.69, 9.17) is 4.74 Å². The van der Waals surface area contributed by atoms with Gasteiger partial charge in [-0.15, -0.1) is 0 Å². The molecule has 3 nitrogen and oxygen atoms in total. The second-order valence-corrected chi connectivity index (χ2v) is 5.90. The first-order valence-corrected chi connectivity index (χ1v) is 7.97. The topological polar surface area (TPSA) is 42.4 Å². The quantitative estimate of drug-likeness (QED) is 0.920. The van der Waals surface area contributed by atoms with Crippen LogP contribution in [0.15, 0.2) is 30.5 Å². The molecular weight excluding hydrogens is 262 g/mol. The number of rotatable bonds is 4. The molecular formula is C18H23NO2. The molecule has 2 atom stereocenters. The molecule has 0 saturated heterocycles. The van der Waals surface area contributed by atoms with Gasteiger partial charge in [-0.05, 0) is 43.1 Å².